The van der Waals surface area contributed by atoms with Crippen LogP contribution in [0.1, 0.15) is 37.7 Å². The summed E-state index contributed by atoms with van der Waals surface area (Å²) < 4.78 is 0. The molecule has 0 amide bonds. The second-order valence-corrected chi connectivity index (χ2v) is 5.90. The van der Waals surface area contributed by atoms with Gasteiger partial charge in [-0.15, -0.1) is 0 Å². The summed E-state index contributed by atoms with van der Waals surface area (Å²) in [5, 5.41) is 9.92. The summed E-state index contributed by atoms with van der Waals surface area (Å²) >= 11 is 0. The summed E-state index contributed by atoms with van der Waals surface area (Å²) in [5.41, 5.74) is 2.40. The number of benzene rings is 1. The Labute approximate surface area is 110 Å². The van der Waals surface area contributed by atoms with Crippen molar-refractivity contribution in [2.45, 2.75) is 37.5 Å². The fourth-order valence-corrected chi connectivity index (χ4v) is 4.02. The van der Waals surface area contributed by atoms with Gasteiger partial charge in [0.1, 0.15) is 0 Å². The van der Waals surface area contributed by atoms with E-state index in [-0.39, 0.29) is 12.0 Å². The van der Waals surface area contributed by atoms with Crippen LogP contribution in [-0.4, -0.2) is 11.7 Å². The molecular formula is C17H22O. The van der Waals surface area contributed by atoms with Crippen LogP contribution in [0.25, 0.3) is 0 Å². The first-order chi connectivity index (χ1) is 8.80. The molecule has 1 N–H and O–H groups in total. The van der Waals surface area contributed by atoms with Crippen LogP contribution in [0, 0.1) is 11.8 Å². The fourth-order valence-electron chi connectivity index (χ4n) is 4.02. The molecule has 1 heteroatoms. The Kier molecular flexibility index (Phi) is 3.03. The van der Waals surface area contributed by atoms with Crippen molar-refractivity contribution in [3.05, 3.63) is 48.0 Å². The second-order valence-electron chi connectivity index (χ2n) is 5.90. The Bertz CT molecular complexity index is 430. The lowest BCUT2D eigenvalue weighted by atomic mass is 9.81. The first kappa shape index (κ1) is 12.0. The average molecular weight is 242 g/mol. The maximum Gasteiger partial charge on any atom is 0.0571 e. The molecule has 2 aliphatic rings. The monoisotopic (exact) mass is 242 g/mol. The van der Waals surface area contributed by atoms with E-state index in [0.29, 0.717) is 5.92 Å². The van der Waals surface area contributed by atoms with Gasteiger partial charge in [-0.1, -0.05) is 61.7 Å². The summed E-state index contributed by atoms with van der Waals surface area (Å²) in [5.74, 6) is 1.27. The molecule has 2 aliphatic carbocycles. The summed E-state index contributed by atoms with van der Waals surface area (Å²) in [6, 6.07) is 10.5. The predicted molar refractivity (Wildman–Crippen MR) is 74.4 cm³/mol. The Balaban J connectivity index is 1.88. The molecular weight excluding hydrogens is 220 g/mol. The molecule has 1 aromatic rings. The molecule has 0 unspecified atom stereocenters. The highest BCUT2D eigenvalue weighted by atomic mass is 16.3. The molecule has 1 nitrogen and oxygen atoms in total. The quantitative estimate of drug-likeness (QED) is 0.802. The lowest BCUT2D eigenvalue weighted by Gasteiger charge is -2.24. The van der Waals surface area contributed by atoms with Gasteiger partial charge in [0, 0.05) is 5.41 Å². The van der Waals surface area contributed by atoms with Gasteiger partial charge in [-0.2, -0.15) is 0 Å². The number of hydrogen-bond acceptors (Lipinski definition) is 1. The third kappa shape index (κ3) is 1.65. The van der Waals surface area contributed by atoms with Crippen LogP contribution in [0.2, 0.25) is 0 Å². The third-order valence-corrected chi connectivity index (χ3v) is 5.06. The minimum absolute atomic E-state index is 0.122. The van der Waals surface area contributed by atoms with Gasteiger partial charge in [0.05, 0.1) is 6.61 Å². The zero-order valence-electron chi connectivity index (χ0n) is 10.9. The molecule has 3 rings (SSSR count). The van der Waals surface area contributed by atoms with E-state index in [1.165, 1.54) is 43.2 Å². The first-order valence-electron chi connectivity index (χ1n) is 7.16. The van der Waals surface area contributed by atoms with E-state index < -0.39 is 0 Å². The first-order valence-corrected chi connectivity index (χ1v) is 7.16. The van der Waals surface area contributed by atoms with Crippen LogP contribution in [0.15, 0.2) is 42.5 Å². The fraction of sp³-hybridized carbons (Fsp3) is 0.529. The molecule has 0 bridgehead atoms. The van der Waals surface area contributed by atoms with E-state index in [2.05, 4.69) is 30.8 Å². The number of rotatable bonds is 3. The summed E-state index contributed by atoms with van der Waals surface area (Å²) in [6.45, 7) is 4.48. The van der Waals surface area contributed by atoms with Gasteiger partial charge in [0.2, 0.25) is 0 Å². The van der Waals surface area contributed by atoms with Crippen molar-refractivity contribution >= 4 is 0 Å². The number of aliphatic hydroxyl groups excluding tert-OH is 1. The minimum Gasteiger partial charge on any atom is -0.395 e. The Morgan fingerprint density at radius 1 is 1.11 bits per heavy atom. The van der Waals surface area contributed by atoms with Crippen LogP contribution < -0.4 is 0 Å². The van der Waals surface area contributed by atoms with E-state index >= 15 is 0 Å². The van der Waals surface area contributed by atoms with E-state index in [1.807, 2.05) is 6.07 Å². The highest BCUT2D eigenvalue weighted by molar-refractivity contribution is 5.53. The molecule has 0 aliphatic heterocycles. The molecule has 0 radical (unpaired) electrons. The molecule has 0 aromatic heterocycles. The molecule has 0 saturated heterocycles. The van der Waals surface area contributed by atoms with E-state index in [0.717, 1.165) is 5.92 Å². The van der Waals surface area contributed by atoms with Crippen molar-refractivity contribution < 1.29 is 5.11 Å². The van der Waals surface area contributed by atoms with Crippen molar-refractivity contribution in [1.82, 2.24) is 0 Å². The molecule has 0 heterocycles. The zero-order chi connectivity index (χ0) is 12.6. The molecule has 1 aromatic carbocycles. The Hall–Kier alpha value is -1.08. The van der Waals surface area contributed by atoms with Crippen LogP contribution >= 0.6 is 0 Å². The van der Waals surface area contributed by atoms with Gasteiger partial charge < -0.3 is 5.11 Å². The molecule has 2 fully saturated rings. The van der Waals surface area contributed by atoms with E-state index in [4.69, 9.17) is 0 Å². The van der Waals surface area contributed by atoms with Crippen molar-refractivity contribution in [3.63, 3.8) is 0 Å². The van der Waals surface area contributed by atoms with Crippen molar-refractivity contribution in [2.75, 3.05) is 6.61 Å². The number of hydrogen-bond donors (Lipinski definition) is 1. The largest absolute Gasteiger partial charge is 0.395 e. The van der Waals surface area contributed by atoms with Crippen molar-refractivity contribution in [2.24, 2.45) is 11.8 Å². The summed E-state index contributed by atoms with van der Waals surface area (Å²) in [7, 11) is 0. The van der Waals surface area contributed by atoms with Gasteiger partial charge in [-0.3, -0.25) is 0 Å². The maximum atomic E-state index is 9.92. The second kappa shape index (κ2) is 4.55. The van der Waals surface area contributed by atoms with E-state index in [9.17, 15) is 5.11 Å². The lowest BCUT2D eigenvalue weighted by Crippen LogP contribution is -2.21. The smallest absolute Gasteiger partial charge is 0.0571 e. The summed E-state index contributed by atoms with van der Waals surface area (Å²) in [6.07, 6.45) is 6.72. The van der Waals surface area contributed by atoms with Crippen LogP contribution in [0.3, 0.4) is 0 Å². The molecule has 2 saturated carbocycles. The van der Waals surface area contributed by atoms with Crippen molar-refractivity contribution in [3.8, 4) is 0 Å². The van der Waals surface area contributed by atoms with Gasteiger partial charge >= 0.3 is 0 Å². The topological polar surface area (TPSA) is 20.2 Å². The predicted octanol–water partition coefficient (Wildman–Crippen LogP) is 3.68. The lowest BCUT2D eigenvalue weighted by molar-refractivity contribution is 0.219. The highest BCUT2D eigenvalue weighted by Crippen LogP contribution is 2.63. The van der Waals surface area contributed by atoms with Gasteiger partial charge in [-0.05, 0) is 30.2 Å². The summed E-state index contributed by atoms with van der Waals surface area (Å²) in [4.78, 5) is 0. The van der Waals surface area contributed by atoms with Gasteiger partial charge in [0.15, 0.2) is 0 Å². The number of aliphatic hydroxyl groups is 1. The SMILES string of the molecule is C=C1[C@H](C2CCCCC2)[C@]1(CO)c1ccccc1. The molecule has 0 spiro atoms. The zero-order valence-corrected chi connectivity index (χ0v) is 10.9. The van der Waals surface area contributed by atoms with Gasteiger partial charge in [0.25, 0.3) is 0 Å². The van der Waals surface area contributed by atoms with Gasteiger partial charge in [-0.25, -0.2) is 0 Å². The molecule has 2 atom stereocenters. The Morgan fingerprint density at radius 3 is 2.39 bits per heavy atom. The molecule has 18 heavy (non-hydrogen) atoms. The highest BCUT2D eigenvalue weighted by Gasteiger charge is 2.61. The molecule has 96 valence electrons. The van der Waals surface area contributed by atoms with Crippen LogP contribution in [0.4, 0.5) is 0 Å². The third-order valence-electron chi connectivity index (χ3n) is 5.06. The van der Waals surface area contributed by atoms with E-state index in [1.54, 1.807) is 0 Å². The Morgan fingerprint density at radius 2 is 1.78 bits per heavy atom. The van der Waals surface area contributed by atoms with Crippen LogP contribution in [-0.2, 0) is 5.41 Å². The normalized spacial score (nSPS) is 32.5. The minimum atomic E-state index is -0.122. The maximum absolute atomic E-state index is 9.92. The standard InChI is InChI=1S/C17H22O/c1-13-16(14-8-4-2-5-9-14)17(13,12-18)15-10-6-3-7-11-15/h3,6-7,10-11,14,16,18H,1-2,4-5,8-9,12H2/t16-,17+/m1/s1. The van der Waals surface area contributed by atoms with Crippen LogP contribution in [0.5, 0.6) is 0 Å². The van der Waals surface area contributed by atoms with Crippen molar-refractivity contribution in [1.29, 1.82) is 0 Å². The average Bonchev–Trinajstić information content (AvgIpc) is 3.07.